The summed E-state index contributed by atoms with van der Waals surface area (Å²) in [6.45, 7) is 1.69. The molecule has 0 fully saturated rings. The number of methoxy groups -OCH3 is 1. The number of ether oxygens (including phenoxy) is 1. The van der Waals surface area contributed by atoms with Gasteiger partial charge in [-0.3, -0.25) is 9.89 Å². The fraction of sp³-hybridized carbons (Fsp3) is 0.167. The summed E-state index contributed by atoms with van der Waals surface area (Å²) in [6, 6.07) is 4.04. The third-order valence-corrected chi connectivity index (χ3v) is 2.63. The molecule has 1 aromatic carbocycles. The van der Waals surface area contributed by atoms with Crippen LogP contribution in [0.1, 0.15) is 16.2 Å². The number of aromatic amines is 1. The molecule has 1 amide bonds. The van der Waals surface area contributed by atoms with Gasteiger partial charge >= 0.3 is 0 Å². The second kappa shape index (κ2) is 4.97. The van der Waals surface area contributed by atoms with Crippen molar-refractivity contribution in [2.45, 2.75) is 6.92 Å². The molecule has 0 bridgehead atoms. The Bertz CT molecular complexity index is 624. The first-order valence-corrected chi connectivity index (χ1v) is 5.48. The zero-order valence-corrected chi connectivity index (χ0v) is 10.5. The molecule has 0 unspecified atom stereocenters. The van der Waals surface area contributed by atoms with Gasteiger partial charge < -0.3 is 15.8 Å². The van der Waals surface area contributed by atoms with Crippen LogP contribution in [0.25, 0.3) is 0 Å². The average molecular weight is 264 g/mol. The van der Waals surface area contributed by atoms with Gasteiger partial charge in [-0.25, -0.2) is 4.39 Å². The molecular formula is C12H13FN4O2. The maximum atomic E-state index is 13.6. The Morgan fingerprint density at radius 2 is 2.26 bits per heavy atom. The number of hydrogen-bond donors (Lipinski definition) is 3. The van der Waals surface area contributed by atoms with Crippen LogP contribution in [0.2, 0.25) is 0 Å². The van der Waals surface area contributed by atoms with Gasteiger partial charge in [0.15, 0.2) is 5.69 Å². The molecule has 0 aliphatic rings. The third-order valence-electron chi connectivity index (χ3n) is 2.63. The van der Waals surface area contributed by atoms with Crippen molar-refractivity contribution < 1.29 is 13.9 Å². The molecule has 6 nitrogen and oxygen atoms in total. The van der Waals surface area contributed by atoms with Crippen LogP contribution in [0, 0.1) is 12.7 Å². The molecule has 0 spiro atoms. The molecule has 7 heteroatoms. The SMILES string of the molecule is COc1ccc(F)c(NC(=O)c2n[nH]c(C)c2N)c1. The van der Waals surface area contributed by atoms with Crippen LogP contribution in [0.4, 0.5) is 15.8 Å². The van der Waals surface area contributed by atoms with E-state index in [2.05, 4.69) is 15.5 Å². The Labute approximate surface area is 108 Å². The molecule has 0 atom stereocenters. The van der Waals surface area contributed by atoms with Gasteiger partial charge in [0, 0.05) is 6.07 Å². The van der Waals surface area contributed by atoms with Gasteiger partial charge in [-0.2, -0.15) is 5.10 Å². The number of nitrogens with one attached hydrogen (secondary N) is 2. The van der Waals surface area contributed by atoms with E-state index in [4.69, 9.17) is 10.5 Å². The van der Waals surface area contributed by atoms with Gasteiger partial charge in [0.05, 0.1) is 24.2 Å². The number of anilines is 2. The molecule has 1 heterocycles. The zero-order chi connectivity index (χ0) is 14.0. The van der Waals surface area contributed by atoms with Crippen LogP contribution >= 0.6 is 0 Å². The summed E-state index contributed by atoms with van der Waals surface area (Å²) < 4.78 is 18.5. The third kappa shape index (κ3) is 2.49. The number of nitrogens with zero attached hydrogens (tertiary/aromatic N) is 1. The van der Waals surface area contributed by atoms with Crippen molar-refractivity contribution >= 4 is 17.3 Å². The number of aryl methyl sites for hydroxylation is 1. The molecule has 0 aliphatic heterocycles. The fourth-order valence-corrected chi connectivity index (χ4v) is 1.52. The van der Waals surface area contributed by atoms with Gasteiger partial charge in [0.1, 0.15) is 11.6 Å². The maximum absolute atomic E-state index is 13.6. The summed E-state index contributed by atoms with van der Waals surface area (Å²) in [7, 11) is 1.45. The lowest BCUT2D eigenvalue weighted by atomic mass is 10.2. The van der Waals surface area contributed by atoms with Gasteiger partial charge in [-0.1, -0.05) is 0 Å². The van der Waals surface area contributed by atoms with Crippen molar-refractivity contribution in [1.29, 1.82) is 0 Å². The number of aromatic nitrogens is 2. The second-order valence-electron chi connectivity index (χ2n) is 3.91. The van der Waals surface area contributed by atoms with Gasteiger partial charge in [-0.05, 0) is 19.1 Å². The molecule has 0 aliphatic carbocycles. The highest BCUT2D eigenvalue weighted by molar-refractivity contribution is 6.06. The Morgan fingerprint density at radius 1 is 1.53 bits per heavy atom. The maximum Gasteiger partial charge on any atom is 0.278 e. The molecular weight excluding hydrogens is 251 g/mol. The van der Waals surface area contributed by atoms with Crippen LogP contribution in [0.15, 0.2) is 18.2 Å². The zero-order valence-electron chi connectivity index (χ0n) is 10.5. The molecule has 0 saturated heterocycles. The summed E-state index contributed by atoms with van der Waals surface area (Å²) in [5.74, 6) is -0.725. The van der Waals surface area contributed by atoms with Crippen LogP contribution in [-0.2, 0) is 0 Å². The van der Waals surface area contributed by atoms with E-state index in [-0.39, 0.29) is 17.1 Å². The van der Waals surface area contributed by atoms with Crippen molar-refractivity contribution in [2.24, 2.45) is 0 Å². The smallest absolute Gasteiger partial charge is 0.278 e. The Hall–Kier alpha value is -2.57. The summed E-state index contributed by atoms with van der Waals surface area (Å²) in [4.78, 5) is 11.9. The lowest BCUT2D eigenvalue weighted by Crippen LogP contribution is -2.15. The topological polar surface area (TPSA) is 93.0 Å². The predicted molar refractivity (Wildman–Crippen MR) is 68.6 cm³/mol. The highest BCUT2D eigenvalue weighted by Gasteiger charge is 2.17. The summed E-state index contributed by atoms with van der Waals surface area (Å²) in [6.07, 6.45) is 0. The second-order valence-corrected chi connectivity index (χ2v) is 3.91. The number of nitrogens with two attached hydrogens (primary N) is 1. The lowest BCUT2D eigenvalue weighted by molar-refractivity contribution is 0.102. The summed E-state index contributed by atoms with van der Waals surface area (Å²) in [5, 5.41) is 8.75. The van der Waals surface area contributed by atoms with Crippen LogP contribution < -0.4 is 15.8 Å². The summed E-state index contributed by atoms with van der Waals surface area (Å²) in [5.41, 5.74) is 6.53. The lowest BCUT2D eigenvalue weighted by Gasteiger charge is -2.07. The average Bonchev–Trinajstić information content (AvgIpc) is 2.73. The minimum absolute atomic E-state index is 0.00408. The van der Waals surface area contributed by atoms with Crippen LogP contribution in [0.3, 0.4) is 0 Å². The quantitative estimate of drug-likeness (QED) is 0.786. The molecule has 0 saturated carbocycles. The molecule has 19 heavy (non-hydrogen) atoms. The Balaban J connectivity index is 2.26. The number of amides is 1. The predicted octanol–water partition coefficient (Wildman–Crippen LogP) is 1.70. The first-order chi connectivity index (χ1) is 9.02. The van der Waals surface area contributed by atoms with Crippen molar-refractivity contribution in [3.63, 3.8) is 0 Å². The highest BCUT2D eigenvalue weighted by atomic mass is 19.1. The first kappa shape index (κ1) is 12.9. The van der Waals surface area contributed by atoms with E-state index in [0.717, 1.165) is 0 Å². The number of nitrogen functional groups attached to an aromatic ring is 1. The normalized spacial score (nSPS) is 10.3. The number of hydrogen-bond acceptors (Lipinski definition) is 4. The van der Waals surface area contributed by atoms with Gasteiger partial charge in [0.2, 0.25) is 0 Å². The number of carbonyl (C=O) groups excluding carboxylic acids is 1. The monoisotopic (exact) mass is 264 g/mol. The van der Waals surface area contributed by atoms with Crippen LogP contribution in [-0.4, -0.2) is 23.2 Å². The van der Waals surface area contributed by atoms with Crippen molar-refractivity contribution in [3.05, 3.63) is 35.4 Å². The molecule has 2 rings (SSSR count). The Morgan fingerprint density at radius 3 is 2.84 bits per heavy atom. The number of halogens is 1. The largest absolute Gasteiger partial charge is 0.497 e. The molecule has 0 radical (unpaired) electrons. The van der Waals surface area contributed by atoms with Gasteiger partial charge in [0.25, 0.3) is 5.91 Å². The van der Waals surface area contributed by atoms with Crippen molar-refractivity contribution in [2.75, 3.05) is 18.2 Å². The minimum Gasteiger partial charge on any atom is -0.497 e. The molecule has 4 N–H and O–H groups in total. The number of H-pyrrole nitrogens is 1. The standard InChI is InChI=1S/C12H13FN4O2/c1-6-10(14)11(17-16-6)12(18)15-9-5-7(19-2)3-4-8(9)13/h3-5H,14H2,1-2H3,(H,15,18)(H,16,17). The van der Waals surface area contributed by atoms with E-state index in [1.165, 1.54) is 25.3 Å². The highest BCUT2D eigenvalue weighted by Crippen LogP contribution is 2.22. The van der Waals surface area contributed by atoms with E-state index in [1.807, 2.05) is 0 Å². The minimum atomic E-state index is -0.589. The van der Waals surface area contributed by atoms with Crippen molar-refractivity contribution in [3.8, 4) is 5.75 Å². The Kier molecular flexibility index (Phi) is 3.37. The number of carbonyl (C=O) groups is 1. The summed E-state index contributed by atoms with van der Waals surface area (Å²) >= 11 is 0. The van der Waals surface area contributed by atoms with E-state index in [0.29, 0.717) is 11.4 Å². The number of rotatable bonds is 3. The van der Waals surface area contributed by atoms with E-state index in [9.17, 15) is 9.18 Å². The van der Waals surface area contributed by atoms with E-state index < -0.39 is 11.7 Å². The van der Waals surface area contributed by atoms with Gasteiger partial charge in [-0.15, -0.1) is 0 Å². The number of benzene rings is 1. The molecule has 1 aromatic heterocycles. The fourth-order valence-electron chi connectivity index (χ4n) is 1.52. The van der Waals surface area contributed by atoms with Crippen molar-refractivity contribution in [1.82, 2.24) is 10.2 Å². The van der Waals surface area contributed by atoms with E-state index >= 15 is 0 Å². The van der Waals surface area contributed by atoms with E-state index in [1.54, 1.807) is 6.92 Å². The first-order valence-electron chi connectivity index (χ1n) is 5.48. The van der Waals surface area contributed by atoms with Crippen LogP contribution in [0.5, 0.6) is 5.75 Å². The molecule has 100 valence electrons. The molecule has 2 aromatic rings.